The van der Waals surface area contributed by atoms with E-state index in [9.17, 15) is 0 Å². The van der Waals surface area contributed by atoms with Gasteiger partial charge in [0.25, 0.3) is 0 Å². The van der Waals surface area contributed by atoms with Crippen LogP contribution in [0, 0.1) is 0 Å². The van der Waals surface area contributed by atoms with Crippen LogP contribution in [0.3, 0.4) is 0 Å². The molecular formula is C18H27NO. The van der Waals surface area contributed by atoms with Gasteiger partial charge in [-0.1, -0.05) is 43.5 Å². The molecule has 110 valence electrons. The fraction of sp³-hybridized carbons (Fsp3) is 0.667. The first-order valence-electron chi connectivity index (χ1n) is 8.25. The van der Waals surface area contributed by atoms with Gasteiger partial charge in [0.05, 0.1) is 12.2 Å². The SMILES string of the molecule is NCC1(OCC2CCCc3ccccc32)CCCCC1. The lowest BCUT2D eigenvalue weighted by atomic mass is 9.82. The van der Waals surface area contributed by atoms with E-state index in [4.69, 9.17) is 10.5 Å². The molecule has 0 amide bonds. The van der Waals surface area contributed by atoms with Gasteiger partial charge >= 0.3 is 0 Å². The summed E-state index contributed by atoms with van der Waals surface area (Å²) < 4.78 is 6.39. The number of hydrogen-bond donors (Lipinski definition) is 1. The molecular weight excluding hydrogens is 246 g/mol. The molecule has 1 saturated carbocycles. The fourth-order valence-corrected chi connectivity index (χ4v) is 3.91. The van der Waals surface area contributed by atoms with Crippen LogP contribution in [-0.2, 0) is 11.2 Å². The molecule has 0 spiro atoms. The van der Waals surface area contributed by atoms with Gasteiger partial charge in [-0.2, -0.15) is 0 Å². The summed E-state index contributed by atoms with van der Waals surface area (Å²) in [5.74, 6) is 0.574. The second-order valence-electron chi connectivity index (χ2n) is 6.55. The van der Waals surface area contributed by atoms with Gasteiger partial charge in [0.1, 0.15) is 0 Å². The van der Waals surface area contributed by atoms with E-state index in [1.54, 1.807) is 0 Å². The first kappa shape index (κ1) is 14.1. The molecule has 2 aliphatic carbocycles. The third-order valence-corrected chi connectivity index (χ3v) is 5.22. The van der Waals surface area contributed by atoms with Crippen LogP contribution in [0.4, 0.5) is 0 Å². The predicted molar refractivity (Wildman–Crippen MR) is 82.9 cm³/mol. The largest absolute Gasteiger partial charge is 0.373 e. The summed E-state index contributed by atoms with van der Waals surface area (Å²) >= 11 is 0. The number of ether oxygens (including phenoxy) is 1. The fourth-order valence-electron chi connectivity index (χ4n) is 3.91. The lowest BCUT2D eigenvalue weighted by molar-refractivity contribution is -0.0698. The second-order valence-corrected chi connectivity index (χ2v) is 6.55. The first-order valence-corrected chi connectivity index (χ1v) is 8.25. The molecule has 0 bridgehead atoms. The Morgan fingerprint density at radius 3 is 2.70 bits per heavy atom. The second kappa shape index (κ2) is 6.28. The Morgan fingerprint density at radius 2 is 1.90 bits per heavy atom. The quantitative estimate of drug-likeness (QED) is 0.906. The minimum atomic E-state index is -0.0232. The van der Waals surface area contributed by atoms with Gasteiger partial charge in [-0.3, -0.25) is 0 Å². The summed E-state index contributed by atoms with van der Waals surface area (Å²) in [6, 6.07) is 8.89. The summed E-state index contributed by atoms with van der Waals surface area (Å²) in [5, 5.41) is 0. The molecule has 0 saturated heterocycles. The number of aryl methyl sites for hydroxylation is 1. The molecule has 0 heterocycles. The van der Waals surface area contributed by atoms with Crippen LogP contribution in [0.25, 0.3) is 0 Å². The third-order valence-electron chi connectivity index (χ3n) is 5.22. The van der Waals surface area contributed by atoms with Crippen molar-refractivity contribution < 1.29 is 4.74 Å². The molecule has 0 radical (unpaired) electrons. The van der Waals surface area contributed by atoms with Crippen LogP contribution in [0.1, 0.15) is 62.0 Å². The molecule has 1 fully saturated rings. The minimum absolute atomic E-state index is 0.0232. The van der Waals surface area contributed by atoms with Gasteiger partial charge < -0.3 is 10.5 Å². The maximum Gasteiger partial charge on any atom is 0.0804 e. The number of nitrogens with two attached hydrogens (primary N) is 1. The van der Waals surface area contributed by atoms with Crippen LogP contribution in [0.5, 0.6) is 0 Å². The van der Waals surface area contributed by atoms with E-state index in [0.29, 0.717) is 12.5 Å². The molecule has 3 rings (SSSR count). The Labute approximate surface area is 122 Å². The van der Waals surface area contributed by atoms with E-state index < -0.39 is 0 Å². The normalized spacial score (nSPS) is 25.1. The van der Waals surface area contributed by atoms with Crippen LogP contribution >= 0.6 is 0 Å². The van der Waals surface area contributed by atoms with Crippen molar-refractivity contribution in [3.63, 3.8) is 0 Å². The minimum Gasteiger partial charge on any atom is -0.373 e. The lowest BCUT2D eigenvalue weighted by Gasteiger charge is -2.38. The Bertz CT molecular complexity index is 437. The number of hydrogen-bond acceptors (Lipinski definition) is 2. The average molecular weight is 273 g/mol. The Balaban J connectivity index is 1.66. The molecule has 0 aromatic heterocycles. The third kappa shape index (κ3) is 2.91. The van der Waals surface area contributed by atoms with E-state index in [1.807, 2.05) is 0 Å². The van der Waals surface area contributed by atoms with Gasteiger partial charge in [-0.15, -0.1) is 0 Å². The molecule has 2 N–H and O–H groups in total. The van der Waals surface area contributed by atoms with E-state index in [2.05, 4.69) is 24.3 Å². The number of rotatable bonds is 4. The van der Waals surface area contributed by atoms with Crippen LogP contribution < -0.4 is 5.73 Å². The molecule has 0 aliphatic heterocycles. The van der Waals surface area contributed by atoms with Crippen LogP contribution in [-0.4, -0.2) is 18.8 Å². The summed E-state index contributed by atoms with van der Waals surface area (Å²) in [4.78, 5) is 0. The van der Waals surface area contributed by atoms with Crippen molar-refractivity contribution in [1.82, 2.24) is 0 Å². The zero-order chi connectivity index (χ0) is 13.8. The zero-order valence-corrected chi connectivity index (χ0v) is 12.4. The molecule has 1 aromatic rings. The van der Waals surface area contributed by atoms with Crippen molar-refractivity contribution in [2.45, 2.75) is 62.9 Å². The molecule has 20 heavy (non-hydrogen) atoms. The van der Waals surface area contributed by atoms with Crippen molar-refractivity contribution in [1.29, 1.82) is 0 Å². The standard InChI is InChI=1S/C18H27NO/c19-14-18(11-4-1-5-12-18)20-13-16-9-6-8-15-7-2-3-10-17(15)16/h2-3,7,10,16H,1,4-6,8-9,11-14,19H2. The molecule has 2 aliphatic rings. The highest BCUT2D eigenvalue weighted by molar-refractivity contribution is 5.32. The molecule has 1 aromatic carbocycles. The monoisotopic (exact) mass is 273 g/mol. The van der Waals surface area contributed by atoms with Crippen molar-refractivity contribution in [3.8, 4) is 0 Å². The van der Waals surface area contributed by atoms with Crippen molar-refractivity contribution >= 4 is 0 Å². The zero-order valence-electron chi connectivity index (χ0n) is 12.4. The lowest BCUT2D eigenvalue weighted by Crippen LogP contribution is -2.43. The Morgan fingerprint density at radius 1 is 1.10 bits per heavy atom. The molecule has 2 nitrogen and oxygen atoms in total. The van der Waals surface area contributed by atoms with Gasteiger partial charge in [-0.05, 0) is 43.2 Å². The maximum absolute atomic E-state index is 6.39. The summed E-state index contributed by atoms with van der Waals surface area (Å²) in [6.07, 6.45) is 9.98. The molecule has 1 unspecified atom stereocenters. The highest BCUT2D eigenvalue weighted by atomic mass is 16.5. The van der Waals surface area contributed by atoms with Gasteiger partial charge in [-0.25, -0.2) is 0 Å². The highest BCUT2D eigenvalue weighted by Gasteiger charge is 2.33. The van der Waals surface area contributed by atoms with Gasteiger partial charge in [0.2, 0.25) is 0 Å². The topological polar surface area (TPSA) is 35.2 Å². The highest BCUT2D eigenvalue weighted by Crippen LogP contribution is 2.35. The van der Waals surface area contributed by atoms with Crippen molar-refractivity contribution in [3.05, 3.63) is 35.4 Å². The molecule has 1 atom stereocenters. The van der Waals surface area contributed by atoms with Crippen LogP contribution in [0.15, 0.2) is 24.3 Å². The van der Waals surface area contributed by atoms with E-state index >= 15 is 0 Å². The summed E-state index contributed by atoms with van der Waals surface area (Å²) in [7, 11) is 0. The maximum atomic E-state index is 6.39. The summed E-state index contributed by atoms with van der Waals surface area (Å²) in [5.41, 5.74) is 9.04. The van der Waals surface area contributed by atoms with E-state index in [1.165, 1.54) is 49.7 Å². The van der Waals surface area contributed by atoms with E-state index in [-0.39, 0.29) is 5.60 Å². The van der Waals surface area contributed by atoms with Crippen molar-refractivity contribution in [2.24, 2.45) is 5.73 Å². The first-order chi connectivity index (χ1) is 9.83. The van der Waals surface area contributed by atoms with Gasteiger partial charge in [0.15, 0.2) is 0 Å². The number of fused-ring (bicyclic) bond motifs is 1. The van der Waals surface area contributed by atoms with Crippen LogP contribution in [0.2, 0.25) is 0 Å². The van der Waals surface area contributed by atoms with Crippen molar-refractivity contribution in [2.75, 3.05) is 13.2 Å². The smallest absolute Gasteiger partial charge is 0.0804 e. The Hall–Kier alpha value is -0.860. The average Bonchev–Trinajstić information content (AvgIpc) is 2.54. The van der Waals surface area contributed by atoms with E-state index in [0.717, 1.165) is 19.4 Å². The van der Waals surface area contributed by atoms with Gasteiger partial charge in [0, 0.05) is 12.5 Å². The molecule has 2 heteroatoms. The predicted octanol–water partition coefficient (Wildman–Crippen LogP) is 3.78. The summed E-state index contributed by atoms with van der Waals surface area (Å²) in [6.45, 7) is 1.54. The number of benzene rings is 1. The Kier molecular flexibility index (Phi) is 4.42.